The average molecular weight is 259 g/mol. The highest BCUT2D eigenvalue weighted by Crippen LogP contribution is 2.08. The molecule has 108 valence electrons. The van der Waals surface area contributed by atoms with E-state index in [1.54, 1.807) is 0 Å². The lowest BCUT2D eigenvalue weighted by atomic mass is 10.1. The SMILES string of the molecule is CC(C)(C)NC(=O)OCCCCCOC(C)(C)C. The fourth-order valence-corrected chi connectivity index (χ4v) is 1.27. The normalized spacial score (nSPS) is 12.3. The third kappa shape index (κ3) is 13.3. The molecule has 0 saturated heterocycles. The second-order valence-corrected chi connectivity index (χ2v) is 6.53. The number of ether oxygens (including phenoxy) is 2. The minimum atomic E-state index is -0.339. The van der Waals surface area contributed by atoms with Crippen LogP contribution in [0.1, 0.15) is 60.8 Å². The Kier molecular flexibility index (Phi) is 7.29. The summed E-state index contributed by atoms with van der Waals surface area (Å²) < 4.78 is 10.7. The van der Waals surface area contributed by atoms with Crippen molar-refractivity contribution in [3.8, 4) is 0 Å². The number of rotatable bonds is 6. The van der Waals surface area contributed by atoms with Gasteiger partial charge in [0.15, 0.2) is 0 Å². The molecule has 0 aromatic heterocycles. The Hall–Kier alpha value is -0.770. The van der Waals surface area contributed by atoms with E-state index in [0.29, 0.717) is 6.61 Å². The molecule has 0 heterocycles. The van der Waals surface area contributed by atoms with Gasteiger partial charge in [-0.05, 0) is 60.8 Å². The van der Waals surface area contributed by atoms with Gasteiger partial charge in [0.2, 0.25) is 0 Å². The van der Waals surface area contributed by atoms with Crippen molar-refractivity contribution in [1.29, 1.82) is 0 Å². The second kappa shape index (κ2) is 7.62. The van der Waals surface area contributed by atoms with Crippen LogP contribution in [0.25, 0.3) is 0 Å². The van der Waals surface area contributed by atoms with Crippen molar-refractivity contribution in [3.05, 3.63) is 0 Å². The first kappa shape index (κ1) is 17.2. The van der Waals surface area contributed by atoms with Crippen molar-refractivity contribution in [3.63, 3.8) is 0 Å². The molecule has 0 aliphatic rings. The van der Waals surface area contributed by atoms with Gasteiger partial charge in [-0.3, -0.25) is 0 Å². The average Bonchev–Trinajstić information content (AvgIpc) is 2.11. The number of carbonyl (C=O) groups is 1. The van der Waals surface area contributed by atoms with E-state index in [9.17, 15) is 4.79 Å². The van der Waals surface area contributed by atoms with Crippen LogP contribution in [0.15, 0.2) is 0 Å². The van der Waals surface area contributed by atoms with Crippen molar-refractivity contribution in [2.75, 3.05) is 13.2 Å². The third-order valence-electron chi connectivity index (χ3n) is 2.03. The minimum Gasteiger partial charge on any atom is -0.450 e. The second-order valence-electron chi connectivity index (χ2n) is 6.53. The number of hydrogen-bond donors (Lipinski definition) is 1. The van der Waals surface area contributed by atoms with Crippen LogP contribution in [-0.2, 0) is 9.47 Å². The lowest BCUT2D eigenvalue weighted by molar-refractivity contribution is -0.00503. The summed E-state index contributed by atoms with van der Waals surface area (Å²) in [5.74, 6) is 0. The maximum Gasteiger partial charge on any atom is 0.407 e. The molecule has 0 radical (unpaired) electrons. The molecule has 18 heavy (non-hydrogen) atoms. The molecule has 0 aliphatic heterocycles. The molecule has 4 heteroatoms. The van der Waals surface area contributed by atoms with Gasteiger partial charge in [-0.15, -0.1) is 0 Å². The standard InChI is InChI=1S/C14H29NO3/c1-13(2,3)15-12(16)17-10-8-7-9-11-18-14(4,5)6/h7-11H2,1-6H3,(H,15,16). The summed E-state index contributed by atoms with van der Waals surface area (Å²) in [4.78, 5) is 11.3. The molecule has 0 rings (SSSR count). The highest BCUT2D eigenvalue weighted by Gasteiger charge is 2.14. The van der Waals surface area contributed by atoms with Gasteiger partial charge in [0, 0.05) is 12.1 Å². The van der Waals surface area contributed by atoms with Gasteiger partial charge in [-0.2, -0.15) is 0 Å². The Balaban J connectivity index is 3.39. The van der Waals surface area contributed by atoms with Crippen LogP contribution in [0.2, 0.25) is 0 Å². The molecule has 0 aromatic carbocycles. The first-order valence-electron chi connectivity index (χ1n) is 6.69. The van der Waals surface area contributed by atoms with Gasteiger partial charge in [0.25, 0.3) is 0 Å². The lowest BCUT2D eigenvalue weighted by Crippen LogP contribution is -2.41. The number of carbonyl (C=O) groups excluding carboxylic acids is 1. The molecule has 0 saturated carbocycles. The van der Waals surface area contributed by atoms with Crippen molar-refractivity contribution in [1.82, 2.24) is 5.32 Å². The van der Waals surface area contributed by atoms with Crippen LogP contribution < -0.4 is 5.32 Å². The molecule has 0 fully saturated rings. The number of hydrogen-bond acceptors (Lipinski definition) is 3. The number of alkyl carbamates (subject to hydrolysis) is 1. The maximum atomic E-state index is 11.3. The predicted octanol–water partition coefficient (Wildman–Crippen LogP) is 3.50. The zero-order valence-corrected chi connectivity index (χ0v) is 12.8. The van der Waals surface area contributed by atoms with Gasteiger partial charge in [0.1, 0.15) is 0 Å². The van der Waals surface area contributed by atoms with E-state index in [-0.39, 0.29) is 17.2 Å². The monoisotopic (exact) mass is 259 g/mol. The molecule has 0 bridgehead atoms. The third-order valence-corrected chi connectivity index (χ3v) is 2.03. The lowest BCUT2D eigenvalue weighted by Gasteiger charge is -2.20. The van der Waals surface area contributed by atoms with E-state index >= 15 is 0 Å². The van der Waals surface area contributed by atoms with Gasteiger partial charge in [-0.25, -0.2) is 4.79 Å². The van der Waals surface area contributed by atoms with Crippen LogP contribution in [-0.4, -0.2) is 30.4 Å². The Morgan fingerprint density at radius 2 is 1.50 bits per heavy atom. The summed E-state index contributed by atoms with van der Waals surface area (Å²) >= 11 is 0. The van der Waals surface area contributed by atoms with Gasteiger partial charge in [-0.1, -0.05) is 0 Å². The molecule has 0 aliphatic carbocycles. The zero-order valence-electron chi connectivity index (χ0n) is 12.8. The molecule has 0 aromatic rings. The van der Waals surface area contributed by atoms with Crippen LogP contribution in [0, 0.1) is 0 Å². The summed E-state index contributed by atoms with van der Waals surface area (Å²) in [6.45, 7) is 13.2. The Morgan fingerprint density at radius 3 is 2.00 bits per heavy atom. The molecule has 1 amide bonds. The number of unbranched alkanes of at least 4 members (excludes halogenated alkanes) is 2. The first-order chi connectivity index (χ1) is 8.10. The maximum absolute atomic E-state index is 11.3. The quantitative estimate of drug-likeness (QED) is 0.743. The van der Waals surface area contributed by atoms with E-state index in [1.165, 1.54) is 0 Å². The summed E-state index contributed by atoms with van der Waals surface area (Å²) in [6, 6.07) is 0. The van der Waals surface area contributed by atoms with Crippen LogP contribution >= 0.6 is 0 Å². The van der Waals surface area contributed by atoms with Crippen molar-refractivity contribution in [2.24, 2.45) is 0 Å². The van der Waals surface area contributed by atoms with Gasteiger partial charge in [0.05, 0.1) is 12.2 Å². The van der Waals surface area contributed by atoms with Crippen molar-refractivity contribution < 1.29 is 14.3 Å². The fourth-order valence-electron chi connectivity index (χ4n) is 1.27. The highest BCUT2D eigenvalue weighted by atomic mass is 16.5. The Labute approximate surface area is 111 Å². The van der Waals surface area contributed by atoms with Gasteiger partial charge >= 0.3 is 6.09 Å². The summed E-state index contributed by atoms with van der Waals surface area (Å²) in [6.07, 6.45) is 2.55. The fraction of sp³-hybridized carbons (Fsp3) is 0.929. The Bertz CT molecular complexity index is 238. The van der Waals surface area contributed by atoms with E-state index in [1.807, 2.05) is 41.5 Å². The van der Waals surface area contributed by atoms with E-state index in [4.69, 9.17) is 9.47 Å². The smallest absolute Gasteiger partial charge is 0.407 e. The van der Waals surface area contributed by atoms with E-state index in [0.717, 1.165) is 25.9 Å². The summed E-state index contributed by atoms with van der Waals surface area (Å²) in [5.41, 5.74) is -0.305. The van der Waals surface area contributed by atoms with Gasteiger partial charge < -0.3 is 14.8 Å². The topological polar surface area (TPSA) is 47.6 Å². The van der Waals surface area contributed by atoms with Crippen LogP contribution in [0.3, 0.4) is 0 Å². The summed E-state index contributed by atoms with van der Waals surface area (Å²) in [5, 5.41) is 2.76. The molecule has 4 nitrogen and oxygen atoms in total. The van der Waals surface area contributed by atoms with Crippen molar-refractivity contribution in [2.45, 2.75) is 71.9 Å². The largest absolute Gasteiger partial charge is 0.450 e. The zero-order chi connectivity index (χ0) is 14.2. The van der Waals surface area contributed by atoms with E-state index < -0.39 is 0 Å². The van der Waals surface area contributed by atoms with Crippen LogP contribution in [0.5, 0.6) is 0 Å². The highest BCUT2D eigenvalue weighted by molar-refractivity contribution is 5.67. The molecule has 1 N–H and O–H groups in total. The van der Waals surface area contributed by atoms with E-state index in [2.05, 4.69) is 5.32 Å². The molecule has 0 unspecified atom stereocenters. The van der Waals surface area contributed by atoms with Crippen molar-refractivity contribution >= 4 is 6.09 Å². The number of nitrogens with one attached hydrogen (secondary N) is 1. The predicted molar refractivity (Wildman–Crippen MR) is 73.8 cm³/mol. The summed E-state index contributed by atoms with van der Waals surface area (Å²) in [7, 11) is 0. The molecular formula is C14H29NO3. The van der Waals surface area contributed by atoms with Crippen LogP contribution in [0.4, 0.5) is 4.79 Å². The molecule has 0 atom stereocenters. The molecule has 0 spiro atoms. The Morgan fingerprint density at radius 1 is 0.944 bits per heavy atom. The number of amides is 1. The minimum absolute atomic E-state index is 0.0664. The molecular weight excluding hydrogens is 230 g/mol. The first-order valence-corrected chi connectivity index (χ1v) is 6.69.